The van der Waals surface area contributed by atoms with E-state index in [9.17, 15) is 0 Å². The van der Waals surface area contributed by atoms with Crippen LogP contribution >= 0.6 is 15.9 Å². The molecule has 0 aliphatic heterocycles. The molecule has 3 aromatic rings. The second-order valence-electron chi connectivity index (χ2n) is 4.34. The van der Waals surface area contributed by atoms with Gasteiger partial charge >= 0.3 is 0 Å². The molecule has 0 bridgehead atoms. The van der Waals surface area contributed by atoms with E-state index in [4.69, 9.17) is 4.74 Å². The number of hydrogen-bond acceptors (Lipinski definition) is 2. The van der Waals surface area contributed by atoms with Crippen molar-refractivity contribution in [3.63, 3.8) is 0 Å². The maximum atomic E-state index is 5.16. The molecule has 19 heavy (non-hydrogen) atoms. The van der Waals surface area contributed by atoms with Crippen molar-refractivity contribution in [3.8, 4) is 5.75 Å². The number of fused-ring (bicyclic) bond motifs is 1. The Kier molecular flexibility index (Phi) is 3.25. The van der Waals surface area contributed by atoms with Crippen LogP contribution in [0, 0.1) is 0 Å². The van der Waals surface area contributed by atoms with Crippen molar-refractivity contribution in [2.24, 2.45) is 0 Å². The fraction of sp³-hybridized carbons (Fsp3) is 0.133. The number of pyridine rings is 1. The molecule has 0 amide bonds. The van der Waals surface area contributed by atoms with Crippen LogP contribution in [0.4, 0.5) is 0 Å². The molecule has 0 fully saturated rings. The summed E-state index contributed by atoms with van der Waals surface area (Å²) in [5, 5.41) is 0. The first-order chi connectivity index (χ1) is 9.26. The van der Waals surface area contributed by atoms with Crippen LogP contribution in [0.5, 0.6) is 5.75 Å². The van der Waals surface area contributed by atoms with E-state index in [0.717, 1.165) is 28.0 Å². The van der Waals surface area contributed by atoms with Crippen LogP contribution in [0.3, 0.4) is 0 Å². The van der Waals surface area contributed by atoms with Gasteiger partial charge in [-0.3, -0.25) is 0 Å². The largest absolute Gasteiger partial charge is 0.497 e. The molecule has 0 unspecified atom stereocenters. The topological polar surface area (TPSA) is 26.5 Å². The number of benzene rings is 1. The van der Waals surface area contributed by atoms with Crippen molar-refractivity contribution in [1.82, 2.24) is 9.38 Å². The predicted molar refractivity (Wildman–Crippen MR) is 78.7 cm³/mol. The molecular weight excluding hydrogens is 304 g/mol. The van der Waals surface area contributed by atoms with Gasteiger partial charge in [0.2, 0.25) is 0 Å². The van der Waals surface area contributed by atoms with Gasteiger partial charge in [0, 0.05) is 18.8 Å². The maximum Gasteiger partial charge on any atom is 0.151 e. The zero-order valence-electron chi connectivity index (χ0n) is 10.5. The number of nitrogens with zero attached hydrogens (tertiary/aromatic N) is 2. The lowest BCUT2D eigenvalue weighted by atomic mass is 10.1. The molecule has 3 rings (SSSR count). The van der Waals surface area contributed by atoms with Gasteiger partial charge in [0.1, 0.15) is 5.75 Å². The Hall–Kier alpha value is -1.81. The van der Waals surface area contributed by atoms with E-state index in [1.165, 1.54) is 5.56 Å². The van der Waals surface area contributed by atoms with Crippen LogP contribution in [-0.2, 0) is 6.42 Å². The average molecular weight is 317 g/mol. The minimum absolute atomic E-state index is 0.818. The number of methoxy groups -OCH3 is 1. The third kappa shape index (κ3) is 2.49. The number of hydrogen-bond donors (Lipinski definition) is 0. The standard InChI is InChI=1S/C15H13BrN2O/c1-19-13-6-4-11(5-7-13)9-12-10-18-8-2-3-14(16)15(18)17-12/h2-8,10H,9H2,1H3. The summed E-state index contributed by atoms with van der Waals surface area (Å²) in [6.45, 7) is 0. The summed E-state index contributed by atoms with van der Waals surface area (Å²) in [7, 11) is 1.68. The van der Waals surface area contributed by atoms with Gasteiger partial charge in [-0.2, -0.15) is 0 Å². The highest BCUT2D eigenvalue weighted by Gasteiger charge is 2.05. The summed E-state index contributed by atoms with van der Waals surface area (Å²) in [6.07, 6.45) is 4.88. The summed E-state index contributed by atoms with van der Waals surface area (Å²) in [5.41, 5.74) is 3.23. The first-order valence-corrected chi connectivity index (χ1v) is 6.80. The lowest BCUT2D eigenvalue weighted by Crippen LogP contribution is -1.89. The molecule has 0 N–H and O–H groups in total. The first kappa shape index (κ1) is 12.2. The summed E-state index contributed by atoms with van der Waals surface area (Å²) in [4.78, 5) is 4.63. The Balaban J connectivity index is 1.90. The molecule has 0 saturated heterocycles. The Morgan fingerprint density at radius 1 is 1.21 bits per heavy atom. The van der Waals surface area contributed by atoms with Gasteiger partial charge in [0.05, 0.1) is 17.3 Å². The number of rotatable bonds is 3. The molecule has 0 radical (unpaired) electrons. The predicted octanol–water partition coefficient (Wildman–Crippen LogP) is 3.70. The van der Waals surface area contributed by atoms with Crippen molar-refractivity contribution >= 4 is 21.6 Å². The summed E-state index contributed by atoms with van der Waals surface area (Å²) < 4.78 is 8.20. The van der Waals surface area contributed by atoms with E-state index in [1.54, 1.807) is 7.11 Å². The average Bonchev–Trinajstić information content (AvgIpc) is 2.84. The van der Waals surface area contributed by atoms with Crippen LogP contribution in [0.2, 0.25) is 0 Å². The van der Waals surface area contributed by atoms with Gasteiger partial charge in [-0.05, 0) is 45.8 Å². The molecule has 0 aliphatic rings. The molecular formula is C15H13BrN2O. The number of ether oxygens (including phenoxy) is 1. The Morgan fingerprint density at radius 2 is 2.00 bits per heavy atom. The molecule has 96 valence electrons. The molecule has 3 nitrogen and oxygen atoms in total. The molecule has 2 aromatic heterocycles. The van der Waals surface area contributed by atoms with Gasteiger partial charge in [0.15, 0.2) is 5.65 Å². The van der Waals surface area contributed by atoms with Gasteiger partial charge < -0.3 is 9.14 Å². The number of aromatic nitrogens is 2. The third-order valence-electron chi connectivity index (χ3n) is 3.03. The fourth-order valence-electron chi connectivity index (χ4n) is 2.07. The van der Waals surface area contributed by atoms with E-state index in [0.29, 0.717) is 0 Å². The normalized spacial score (nSPS) is 10.8. The minimum Gasteiger partial charge on any atom is -0.497 e. The van der Waals surface area contributed by atoms with Crippen molar-refractivity contribution in [1.29, 1.82) is 0 Å². The third-order valence-corrected chi connectivity index (χ3v) is 3.65. The molecule has 4 heteroatoms. The van der Waals surface area contributed by atoms with E-state index in [2.05, 4.69) is 39.2 Å². The van der Waals surface area contributed by atoms with Gasteiger partial charge in [-0.25, -0.2) is 4.98 Å². The van der Waals surface area contributed by atoms with Crippen molar-refractivity contribution < 1.29 is 4.74 Å². The van der Waals surface area contributed by atoms with Gasteiger partial charge in [-0.1, -0.05) is 12.1 Å². The fourth-order valence-corrected chi connectivity index (χ4v) is 2.51. The molecule has 0 saturated carbocycles. The SMILES string of the molecule is COc1ccc(Cc2cn3cccc(Br)c3n2)cc1. The summed E-state index contributed by atoms with van der Waals surface area (Å²) >= 11 is 3.51. The highest BCUT2D eigenvalue weighted by atomic mass is 79.9. The quantitative estimate of drug-likeness (QED) is 0.736. The molecule has 1 aromatic carbocycles. The lowest BCUT2D eigenvalue weighted by Gasteiger charge is -2.01. The van der Waals surface area contributed by atoms with Gasteiger partial charge in [0.25, 0.3) is 0 Å². The van der Waals surface area contributed by atoms with Crippen molar-refractivity contribution in [2.75, 3.05) is 7.11 Å². The van der Waals surface area contributed by atoms with E-state index < -0.39 is 0 Å². The Morgan fingerprint density at radius 3 is 2.68 bits per heavy atom. The smallest absolute Gasteiger partial charge is 0.151 e. The van der Waals surface area contributed by atoms with Crippen molar-refractivity contribution in [2.45, 2.75) is 6.42 Å². The Labute approximate surface area is 120 Å². The second-order valence-corrected chi connectivity index (χ2v) is 5.20. The van der Waals surface area contributed by atoms with Crippen molar-refractivity contribution in [3.05, 3.63) is 64.5 Å². The zero-order valence-corrected chi connectivity index (χ0v) is 12.1. The molecule has 2 heterocycles. The number of halogens is 1. The monoisotopic (exact) mass is 316 g/mol. The summed E-state index contributed by atoms with van der Waals surface area (Å²) in [5.74, 6) is 0.876. The van der Waals surface area contributed by atoms with E-state index in [1.807, 2.05) is 34.9 Å². The highest BCUT2D eigenvalue weighted by molar-refractivity contribution is 9.10. The highest BCUT2D eigenvalue weighted by Crippen LogP contribution is 2.19. The Bertz CT molecular complexity index is 704. The second kappa shape index (κ2) is 5.05. The van der Waals surface area contributed by atoms with Crippen LogP contribution in [-0.4, -0.2) is 16.5 Å². The lowest BCUT2D eigenvalue weighted by molar-refractivity contribution is 0.414. The first-order valence-electron chi connectivity index (χ1n) is 6.01. The van der Waals surface area contributed by atoms with Gasteiger partial charge in [-0.15, -0.1) is 0 Å². The minimum atomic E-state index is 0.818. The number of imidazole rings is 1. The maximum absolute atomic E-state index is 5.16. The van der Waals surface area contributed by atoms with E-state index in [-0.39, 0.29) is 0 Å². The van der Waals surface area contributed by atoms with Crippen LogP contribution in [0.25, 0.3) is 5.65 Å². The van der Waals surface area contributed by atoms with E-state index >= 15 is 0 Å². The molecule has 0 spiro atoms. The summed E-state index contributed by atoms with van der Waals surface area (Å²) in [6, 6.07) is 12.1. The van der Waals surface area contributed by atoms with Crippen LogP contribution in [0.15, 0.2) is 53.3 Å². The van der Waals surface area contributed by atoms with Crippen LogP contribution in [0.1, 0.15) is 11.3 Å². The van der Waals surface area contributed by atoms with Crippen LogP contribution < -0.4 is 4.74 Å². The molecule has 0 aliphatic carbocycles. The zero-order chi connectivity index (χ0) is 13.2. The molecule has 0 atom stereocenters.